The standard InChI is InChI=1S/C14H21NO/c1-10(2)14(15)9-13(16)8-12-6-4-11(3)5-7-12/h4-7,10,14H,8-9,15H2,1-3H3. The highest BCUT2D eigenvalue weighted by atomic mass is 16.1. The first-order chi connectivity index (χ1) is 7.49. The Bertz CT molecular complexity index is 340. The van der Waals surface area contributed by atoms with Crippen molar-refractivity contribution in [2.45, 2.75) is 39.7 Å². The van der Waals surface area contributed by atoms with Gasteiger partial charge in [0.05, 0.1) is 0 Å². The molecule has 1 aromatic rings. The highest BCUT2D eigenvalue weighted by Gasteiger charge is 2.13. The Morgan fingerprint density at radius 2 is 1.81 bits per heavy atom. The molecule has 0 aromatic heterocycles. The molecule has 1 aromatic carbocycles. The van der Waals surface area contributed by atoms with Crippen LogP contribution in [0.4, 0.5) is 0 Å². The largest absolute Gasteiger partial charge is 0.327 e. The number of Topliss-reactive ketones (excluding diaryl/α,β-unsaturated/α-hetero) is 1. The van der Waals surface area contributed by atoms with E-state index in [1.54, 1.807) is 0 Å². The van der Waals surface area contributed by atoms with Crippen LogP contribution in [-0.4, -0.2) is 11.8 Å². The maximum atomic E-state index is 11.7. The van der Waals surface area contributed by atoms with Crippen molar-refractivity contribution in [1.82, 2.24) is 0 Å². The minimum Gasteiger partial charge on any atom is -0.327 e. The minimum atomic E-state index is -0.0158. The van der Waals surface area contributed by atoms with Crippen molar-refractivity contribution in [2.24, 2.45) is 11.7 Å². The van der Waals surface area contributed by atoms with Crippen LogP contribution < -0.4 is 5.73 Å². The number of rotatable bonds is 5. The zero-order valence-corrected chi connectivity index (χ0v) is 10.4. The van der Waals surface area contributed by atoms with E-state index in [1.165, 1.54) is 5.56 Å². The van der Waals surface area contributed by atoms with Crippen LogP contribution in [0.25, 0.3) is 0 Å². The van der Waals surface area contributed by atoms with Gasteiger partial charge >= 0.3 is 0 Å². The van der Waals surface area contributed by atoms with Crippen LogP contribution in [0.15, 0.2) is 24.3 Å². The summed E-state index contributed by atoms with van der Waals surface area (Å²) >= 11 is 0. The van der Waals surface area contributed by atoms with Gasteiger partial charge in [0.2, 0.25) is 0 Å². The summed E-state index contributed by atoms with van der Waals surface area (Å²) in [5, 5.41) is 0. The van der Waals surface area contributed by atoms with E-state index in [4.69, 9.17) is 5.73 Å². The summed E-state index contributed by atoms with van der Waals surface area (Å²) < 4.78 is 0. The Balaban J connectivity index is 2.48. The van der Waals surface area contributed by atoms with Gasteiger partial charge in [0.1, 0.15) is 5.78 Å². The fourth-order valence-electron chi connectivity index (χ4n) is 1.50. The molecule has 1 unspecified atom stereocenters. The van der Waals surface area contributed by atoms with Gasteiger partial charge in [-0.3, -0.25) is 4.79 Å². The lowest BCUT2D eigenvalue weighted by atomic mass is 9.96. The molecule has 1 atom stereocenters. The predicted octanol–water partition coefficient (Wildman–Crippen LogP) is 2.48. The Labute approximate surface area is 97.9 Å². The number of carbonyl (C=O) groups is 1. The van der Waals surface area contributed by atoms with Gasteiger partial charge < -0.3 is 5.73 Å². The minimum absolute atomic E-state index is 0.0158. The van der Waals surface area contributed by atoms with Gasteiger partial charge in [-0.05, 0) is 18.4 Å². The topological polar surface area (TPSA) is 43.1 Å². The van der Waals surface area contributed by atoms with Crippen molar-refractivity contribution in [3.63, 3.8) is 0 Å². The Kier molecular flexibility index (Phi) is 4.69. The molecule has 2 nitrogen and oxygen atoms in total. The van der Waals surface area contributed by atoms with Crippen molar-refractivity contribution < 1.29 is 4.79 Å². The molecule has 2 heteroatoms. The molecule has 0 amide bonds. The number of benzene rings is 1. The lowest BCUT2D eigenvalue weighted by molar-refractivity contribution is -0.118. The normalized spacial score (nSPS) is 12.8. The number of nitrogens with two attached hydrogens (primary N) is 1. The summed E-state index contributed by atoms with van der Waals surface area (Å²) in [5.74, 6) is 0.590. The summed E-state index contributed by atoms with van der Waals surface area (Å²) in [5.41, 5.74) is 8.17. The van der Waals surface area contributed by atoms with Gasteiger partial charge in [0.15, 0.2) is 0 Å². The van der Waals surface area contributed by atoms with Gasteiger partial charge in [-0.25, -0.2) is 0 Å². The summed E-state index contributed by atoms with van der Waals surface area (Å²) in [6.07, 6.45) is 0.978. The molecule has 16 heavy (non-hydrogen) atoms. The molecule has 0 aliphatic carbocycles. The zero-order chi connectivity index (χ0) is 12.1. The Morgan fingerprint density at radius 3 is 2.31 bits per heavy atom. The number of ketones is 1. The molecule has 1 rings (SSSR count). The maximum Gasteiger partial charge on any atom is 0.138 e. The fourth-order valence-corrected chi connectivity index (χ4v) is 1.50. The summed E-state index contributed by atoms with van der Waals surface area (Å²) in [7, 11) is 0. The van der Waals surface area contributed by atoms with Crippen molar-refractivity contribution in [2.75, 3.05) is 0 Å². The van der Waals surface area contributed by atoms with Gasteiger partial charge in [0.25, 0.3) is 0 Å². The second kappa shape index (κ2) is 5.80. The summed E-state index contributed by atoms with van der Waals surface area (Å²) in [4.78, 5) is 11.7. The van der Waals surface area contributed by atoms with Crippen molar-refractivity contribution in [3.05, 3.63) is 35.4 Å². The molecular weight excluding hydrogens is 198 g/mol. The zero-order valence-electron chi connectivity index (χ0n) is 10.4. The van der Waals surface area contributed by atoms with Crippen LogP contribution in [0.1, 0.15) is 31.4 Å². The van der Waals surface area contributed by atoms with Crippen LogP contribution in [0, 0.1) is 12.8 Å². The summed E-state index contributed by atoms with van der Waals surface area (Å²) in [6.45, 7) is 6.13. The van der Waals surface area contributed by atoms with Crippen molar-refractivity contribution in [3.8, 4) is 0 Å². The first-order valence-corrected chi connectivity index (χ1v) is 5.82. The molecule has 0 fully saturated rings. The average Bonchev–Trinajstić information content (AvgIpc) is 2.21. The first kappa shape index (κ1) is 12.9. The SMILES string of the molecule is Cc1ccc(CC(=O)CC(N)C(C)C)cc1. The second-order valence-electron chi connectivity index (χ2n) is 4.81. The fraction of sp³-hybridized carbons (Fsp3) is 0.500. The van der Waals surface area contributed by atoms with Crippen molar-refractivity contribution in [1.29, 1.82) is 0 Å². The van der Waals surface area contributed by atoms with Gasteiger partial charge in [-0.15, -0.1) is 0 Å². The quantitative estimate of drug-likeness (QED) is 0.826. The lowest BCUT2D eigenvalue weighted by Gasteiger charge is -2.14. The van der Waals surface area contributed by atoms with Crippen molar-refractivity contribution >= 4 is 5.78 Å². The van der Waals surface area contributed by atoms with E-state index in [9.17, 15) is 4.79 Å². The van der Waals surface area contributed by atoms with Crippen LogP contribution in [0.5, 0.6) is 0 Å². The van der Waals surface area contributed by atoms with Gasteiger partial charge in [-0.1, -0.05) is 43.7 Å². The van der Waals surface area contributed by atoms with Crippen LogP contribution >= 0.6 is 0 Å². The highest BCUT2D eigenvalue weighted by molar-refractivity contribution is 5.81. The third-order valence-electron chi connectivity index (χ3n) is 2.84. The first-order valence-electron chi connectivity index (χ1n) is 5.82. The Hall–Kier alpha value is -1.15. The third kappa shape index (κ3) is 4.15. The third-order valence-corrected chi connectivity index (χ3v) is 2.84. The number of hydrogen-bond acceptors (Lipinski definition) is 2. The monoisotopic (exact) mass is 219 g/mol. The highest BCUT2D eigenvalue weighted by Crippen LogP contribution is 2.08. The molecule has 0 saturated heterocycles. The van der Waals surface area contributed by atoms with E-state index in [0.717, 1.165) is 5.56 Å². The predicted molar refractivity (Wildman–Crippen MR) is 67.3 cm³/mol. The molecule has 0 heterocycles. The van der Waals surface area contributed by atoms with Crippen LogP contribution in [0.3, 0.4) is 0 Å². The number of hydrogen-bond donors (Lipinski definition) is 1. The van der Waals surface area contributed by atoms with E-state index in [1.807, 2.05) is 45.0 Å². The molecule has 0 aliphatic heterocycles. The molecule has 0 aliphatic rings. The molecular formula is C14H21NO. The molecule has 0 bridgehead atoms. The van der Waals surface area contributed by atoms with E-state index in [0.29, 0.717) is 18.8 Å². The molecule has 88 valence electrons. The molecule has 0 spiro atoms. The lowest BCUT2D eigenvalue weighted by Crippen LogP contribution is -2.29. The van der Waals surface area contributed by atoms with E-state index < -0.39 is 0 Å². The number of carbonyl (C=O) groups excluding carboxylic acids is 1. The molecule has 0 saturated carbocycles. The van der Waals surface area contributed by atoms with Crippen LogP contribution in [-0.2, 0) is 11.2 Å². The average molecular weight is 219 g/mol. The molecule has 0 radical (unpaired) electrons. The maximum absolute atomic E-state index is 11.7. The number of aryl methyl sites for hydroxylation is 1. The van der Waals surface area contributed by atoms with E-state index >= 15 is 0 Å². The Morgan fingerprint density at radius 1 is 1.25 bits per heavy atom. The van der Waals surface area contributed by atoms with Gasteiger partial charge in [-0.2, -0.15) is 0 Å². The van der Waals surface area contributed by atoms with E-state index in [-0.39, 0.29) is 11.8 Å². The summed E-state index contributed by atoms with van der Waals surface area (Å²) in [6, 6.07) is 8.07. The van der Waals surface area contributed by atoms with E-state index in [2.05, 4.69) is 0 Å². The smallest absolute Gasteiger partial charge is 0.138 e. The van der Waals surface area contributed by atoms with Gasteiger partial charge in [0, 0.05) is 18.9 Å². The van der Waals surface area contributed by atoms with Crippen LogP contribution in [0.2, 0.25) is 0 Å². The molecule has 2 N–H and O–H groups in total. The second-order valence-corrected chi connectivity index (χ2v) is 4.81.